The Bertz CT molecular complexity index is 1870. The number of fused-ring (bicyclic) bond motifs is 6. The van der Waals surface area contributed by atoms with Gasteiger partial charge in [-0.2, -0.15) is 0 Å². The molecule has 7 rings (SSSR count). The summed E-state index contributed by atoms with van der Waals surface area (Å²) in [4.78, 5) is 27.9. The van der Waals surface area contributed by atoms with Crippen LogP contribution in [0, 0.1) is 6.92 Å². The SMILES string of the molecule is Cc1cccc(-n2c(=O)c3c(n4c(SCC(=O)c5ccc(Br)cc5)nnc24)-c2ccccc2CC32CCCCC2)c1. The van der Waals surface area contributed by atoms with E-state index in [1.807, 2.05) is 65.9 Å². The summed E-state index contributed by atoms with van der Waals surface area (Å²) in [6.07, 6.45) is 6.23. The largest absolute Gasteiger partial charge is 0.293 e. The molecule has 206 valence electrons. The van der Waals surface area contributed by atoms with Crippen LogP contribution < -0.4 is 5.56 Å². The smallest absolute Gasteiger partial charge is 0.263 e. The molecule has 8 heteroatoms. The summed E-state index contributed by atoms with van der Waals surface area (Å²) >= 11 is 4.81. The van der Waals surface area contributed by atoms with Gasteiger partial charge in [0.05, 0.1) is 17.1 Å². The molecular formula is C33H29BrN4O2S. The molecule has 2 aliphatic rings. The fourth-order valence-electron chi connectivity index (χ4n) is 6.71. The van der Waals surface area contributed by atoms with Gasteiger partial charge in [0.15, 0.2) is 10.9 Å². The van der Waals surface area contributed by atoms with Crippen LogP contribution in [-0.2, 0) is 11.8 Å². The van der Waals surface area contributed by atoms with E-state index in [1.165, 1.54) is 23.7 Å². The number of hydrogen-bond acceptors (Lipinski definition) is 5. The number of thioether (sulfide) groups is 1. The monoisotopic (exact) mass is 624 g/mol. The van der Waals surface area contributed by atoms with Gasteiger partial charge in [0.1, 0.15) is 0 Å². The van der Waals surface area contributed by atoms with Crippen molar-refractivity contribution in [2.45, 2.75) is 56.0 Å². The van der Waals surface area contributed by atoms with Crippen LogP contribution in [0.25, 0.3) is 22.7 Å². The summed E-state index contributed by atoms with van der Waals surface area (Å²) in [6, 6.07) is 23.8. The Morgan fingerprint density at radius 3 is 2.54 bits per heavy atom. The summed E-state index contributed by atoms with van der Waals surface area (Å²) in [7, 11) is 0. The molecule has 0 aliphatic heterocycles. The predicted octanol–water partition coefficient (Wildman–Crippen LogP) is 7.35. The van der Waals surface area contributed by atoms with Gasteiger partial charge in [-0.3, -0.25) is 14.0 Å². The Kier molecular flexibility index (Phi) is 6.70. The lowest BCUT2D eigenvalue weighted by atomic mass is 9.62. The molecule has 0 radical (unpaired) electrons. The standard InChI is InChI=1S/C33H29BrN4O2S/c1-21-8-7-10-25(18-21)37-30(40)28-29(26-11-4-3-9-23(26)19-33(28)16-5-2-6-17-33)38-31(37)35-36-32(38)41-20-27(39)22-12-14-24(34)15-13-22/h3-4,7-15,18H,2,5-6,16-17,19-20H2,1H3. The second kappa shape index (κ2) is 10.4. The quantitative estimate of drug-likeness (QED) is 0.151. The average molecular weight is 626 g/mol. The van der Waals surface area contributed by atoms with Gasteiger partial charge in [-0.25, -0.2) is 4.57 Å². The third-order valence-corrected chi connectivity index (χ3v) is 10.1. The second-order valence-electron chi connectivity index (χ2n) is 11.2. The molecule has 2 heterocycles. The van der Waals surface area contributed by atoms with E-state index in [0.717, 1.165) is 64.6 Å². The number of carbonyl (C=O) groups is 1. The first-order valence-electron chi connectivity index (χ1n) is 14.1. The van der Waals surface area contributed by atoms with Crippen molar-refractivity contribution in [3.05, 3.63) is 110 Å². The summed E-state index contributed by atoms with van der Waals surface area (Å²) in [5.74, 6) is 0.706. The van der Waals surface area contributed by atoms with Crippen LogP contribution in [0.3, 0.4) is 0 Å². The van der Waals surface area contributed by atoms with Crippen LogP contribution in [0.4, 0.5) is 0 Å². The van der Waals surface area contributed by atoms with Crippen molar-refractivity contribution < 1.29 is 4.79 Å². The molecule has 0 saturated heterocycles. The fourth-order valence-corrected chi connectivity index (χ4v) is 7.80. The highest BCUT2D eigenvalue weighted by Crippen LogP contribution is 2.49. The molecule has 0 unspecified atom stereocenters. The maximum Gasteiger partial charge on any atom is 0.263 e. The summed E-state index contributed by atoms with van der Waals surface area (Å²) in [6.45, 7) is 2.03. The number of nitrogens with zero attached hydrogens (tertiary/aromatic N) is 4. The van der Waals surface area contributed by atoms with E-state index in [0.29, 0.717) is 16.5 Å². The lowest BCUT2D eigenvalue weighted by molar-refractivity contribution is 0.102. The first-order chi connectivity index (χ1) is 19.9. The second-order valence-corrected chi connectivity index (χ2v) is 13.1. The molecule has 0 N–H and O–H groups in total. The molecule has 2 aromatic heterocycles. The Labute approximate surface area is 251 Å². The van der Waals surface area contributed by atoms with Crippen LogP contribution in [-0.4, -0.2) is 30.7 Å². The number of carbonyl (C=O) groups excluding carboxylic acids is 1. The zero-order chi connectivity index (χ0) is 28.1. The van der Waals surface area contributed by atoms with E-state index in [1.54, 1.807) is 4.57 Å². The number of aryl methyl sites for hydroxylation is 1. The first kappa shape index (κ1) is 26.4. The third kappa shape index (κ3) is 4.48. The zero-order valence-electron chi connectivity index (χ0n) is 22.8. The average Bonchev–Trinajstić information content (AvgIpc) is 3.40. The third-order valence-electron chi connectivity index (χ3n) is 8.59. The van der Waals surface area contributed by atoms with Crippen molar-refractivity contribution in [1.82, 2.24) is 19.2 Å². The Morgan fingerprint density at radius 1 is 0.976 bits per heavy atom. The minimum atomic E-state index is -0.238. The number of hydrogen-bond donors (Lipinski definition) is 0. The number of rotatable bonds is 5. The summed E-state index contributed by atoms with van der Waals surface area (Å²) < 4.78 is 4.72. The van der Waals surface area contributed by atoms with E-state index in [4.69, 9.17) is 0 Å². The summed E-state index contributed by atoms with van der Waals surface area (Å²) in [5.41, 5.74) is 6.32. The van der Waals surface area contributed by atoms with Crippen molar-refractivity contribution in [3.63, 3.8) is 0 Å². The van der Waals surface area contributed by atoms with Crippen molar-refractivity contribution in [3.8, 4) is 16.9 Å². The maximum atomic E-state index is 14.7. The molecule has 3 aromatic carbocycles. The molecule has 2 aliphatic carbocycles. The molecule has 5 aromatic rings. The van der Waals surface area contributed by atoms with E-state index in [-0.39, 0.29) is 22.5 Å². The molecule has 6 nitrogen and oxygen atoms in total. The van der Waals surface area contributed by atoms with Gasteiger partial charge in [-0.1, -0.05) is 95.5 Å². The number of Topliss-reactive ketones (excluding diaryl/α,β-unsaturated/α-hetero) is 1. The highest BCUT2D eigenvalue weighted by molar-refractivity contribution is 9.10. The number of benzene rings is 3. The van der Waals surface area contributed by atoms with Gasteiger partial charge < -0.3 is 0 Å². The predicted molar refractivity (Wildman–Crippen MR) is 166 cm³/mol. The van der Waals surface area contributed by atoms with E-state index < -0.39 is 0 Å². The summed E-state index contributed by atoms with van der Waals surface area (Å²) in [5, 5.41) is 9.81. The molecular weight excluding hydrogens is 596 g/mol. The number of aromatic nitrogens is 4. The van der Waals surface area contributed by atoms with Crippen molar-refractivity contribution in [2.24, 2.45) is 0 Å². The van der Waals surface area contributed by atoms with Gasteiger partial charge in [-0.15, -0.1) is 10.2 Å². The normalized spacial score (nSPS) is 15.6. The molecule has 0 atom stereocenters. The van der Waals surface area contributed by atoms with Crippen LogP contribution in [0.5, 0.6) is 0 Å². The van der Waals surface area contributed by atoms with Crippen molar-refractivity contribution in [1.29, 1.82) is 0 Å². The van der Waals surface area contributed by atoms with Gasteiger partial charge >= 0.3 is 0 Å². The van der Waals surface area contributed by atoms with Crippen LogP contribution in [0.15, 0.2) is 87.2 Å². The lowest BCUT2D eigenvalue weighted by Crippen LogP contribution is -2.43. The van der Waals surface area contributed by atoms with Crippen LogP contribution in [0.2, 0.25) is 0 Å². The Balaban J connectivity index is 1.48. The fraction of sp³-hybridized carbons (Fsp3) is 0.273. The van der Waals surface area contributed by atoms with Crippen LogP contribution in [0.1, 0.15) is 59.2 Å². The van der Waals surface area contributed by atoms with Gasteiger partial charge in [-0.05, 0) is 61.6 Å². The number of ketones is 1. The molecule has 41 heavy (non-hydrogen) atoms. The topological polar surface area (TPSA) is 69.3 Å². The molecule has 1 fully saturated rings. The van der Waals surface area contributed by atoms with Crippen molar-refractivity contribution in [2.75, 3.05) is 5.75 Å². The Morgan fingerprint density at radius 2 is 1.76 bits per heavy atom. The minimum absolute atomic E-state index is 0.00982. The molecule has 0 bridgehead atoms. The highest BCUT2D eigenvalue weighted by Gasteiger charge is 2.44. The van der Waals surface area contributed by atoms with E-state index >= 15 is 0 Å². The molecule has 1 saturated carbocycles. The lowest BCUT2D eigenvalue weighted by Gasteiger charge is -2.42. The minimum Gasteiger partial charge on any atom is -0.293 e. The number of halogens is 1. The van der Waals surface area contributed by atoms with Crippen LogP contribution >= 0.6 is 27.7 Å². The zero-order valence-corrected chi connectivity index (χ0v) is 25.2. The Hall–Kier alpha value is -3.49. The molecule has 1 spiro atoms. The molecule has 0 amide bonds. The van der Waals surface area contributed by atoms with Gasteiger partial charge in [0.2, 0.25) is 5.78 Å². The van der Waals surface area contributed by atoms with Crippen molar-refractivity contribution >= 4 is 39.3 Å². The van der Waals surface area contributed by atoms with Gasteiger partial charge in [0.25, 0.3) is 5.56 Å². The van der Waals surface area contributed by atoms with Gasteiger partial charge in [0, 0.05) is 26.6 Å². The van der Waals surface area contributed by atoms with E-state index in [2.05, 4.69) is 44.3 Å². The van der Waals surface area contributed by atoms with E-state index in [9.17, 15) is 9.59 Å². The highest BCUT2D eigenvalue weighted by atomic mass is 79.9. The maximum absolute atomic E-state index is 14.7. The first-order valence-corrected chi connectivity index (χ1v) is 15.8.